The van der Waals surface area contributed by atoms with Gasteiger partial charge in [-0.1, -0.05) is 41.6 Å². The van der Waals surface area contributed by atoms with E-state index in [1.165, 1.54) is 14.2 Å². The van der Waals surface area contributed by atoms with Crippen molar-refractivity contribution in [1.82, 2.24) is 24.3 Å². The highest BCUT2D eigenvalue weighted by molar-refractivity contribution is 5.88. The molecule has 14 nitrogen and oxygen atoms in total. The van der Waals surface area contributed by atoms with Crippen molar-refractivity contribution in [2.24, 2.45) is 11.1 Å². The number of pyridine rings is 1. The quantitative estimate of drug-likeness (QED) is 0.139. The number of halogens is 3. The van der Waals surface area contributed by atoms with Gasteiger partial charge in [0.15, 0.2) is 11.1 Å². The molecule has 2 aromatic carbocycles. The van der Waals surface area contributed by atoms with E-state index < -0.39 is 41.8 Å². The Bertz CT molecular complexity index is 2570. The van der Waals surface area contributed by atoms with E-state index in [9.17, 15) is 33.4 Å². The van der Waals surface area contributed by atoms with Crippen LogP contribution in [0.2, 0.25) is 0 Å². The Kier molecular flexibility index (Phi) is 11.3. The summed E-state index contributed by atoms with van der Waals surface area (Å²) in [5, 5.41) is 34.5. The van der Waals surface area contributed by atoms with Gasteiger partial charge in [0, 0.05) is 51.0 Å². The van der Waals surface area contributed by atoms with Crippen LogP contribution in [0.3, 0.4) is 0 Å². The number of aromatic nitrogens is 3. The van der Waals surface area contributed by atoms with Crippen LogP contribution in [-0.2, 0) is 35.3 Å². The predicted molar refractivity (Wildman–Crippen MR) is 210 cm³/mol. The van der Waals surface area contributed by atoms with E-state index >= 15 is 0 Å². The number of aliphatic carboxylic acids is 1. The number of likely N-dealkylation sites (tertiary alicyclic amines) is 2. The molecule has 60 heavy (non-hydrogen) atoms. The van der Waals surface area contributed by atoms with Crippen LogP contribution >= 0.6 is 0 Å². The monoisotopic (exact) mass is 827 g/mol. The Morgan fingerprint density at radius 3 is 2.48 bits per heavy atom. The van der Waals surface area contributed by atoms with E-state index in [1.54, 1.807) is 6.20 Å². The fraction of sp³-hybridized carbons (Fsp3) is 0.419. The third kappa shape index (κ3) is 7.89. The van der Waals surface area contributed by atoms with Crippen molar-refractivity contribution in [3.63, 3.8) is 0 Å². The van der Waals surface area contributed by atoms with Crippen LogP contribution in [0.15, 0.2) is 58.2 Å². The standard InChI is InChI=1S/C43H44F3N7O7/c1-24-28(6-4-7-29(24)36-18-33-37(59-36)26(19-47)21-53(39(33)50-58-3)17-16-51-14-12-25(20-51)42(55)56)30-8-5-9-32-31(30)10-11-35(32)60-41-38(43(44,45)46)48-34(40(49-41)57-2)23-52-15-13-27(54)22-52/h4-9,18,21,25,27,35,54H,10-17,20,22-23H2,1-3H3,(H,55,56)/b50-39-/t25-,27-,35+/m1/s1. The molecule has 0 amide bonds. The van der Waals surface area contributed by atoms with Gasteiger partial charge in [-0.2, -0.15) is 23.4 Å². The molecule has 17 heteroatoms. The largest absolute Gasteiger partial charge is 0.481 e. The molecule has 0 saturated carbocycles. The smallest absolute Gasteiger partial charge is 0.438 e. The van der Waals surface area contributed by atoms with Crippen molar-refractivity contribution in [1.29, 1.82) is 5.26 Å². The topological polar surface area (TPSA) is 172 Å². The highest BCUT2D eigenvalue weighted by atomic mass is 19.4. The number of β-amino-alcohol motifs (C(OH)–C–C–N with tert-alkyl or cyclic N) is 1. The van der Waals surface area contributed by atoms with E-state index in [0.29, 0.717) is 92.7 Å². The van der Waals surface area contributed by atoms with E-state index in [4.69, 9.17) is 18.7 Å². The molecule has 0 unspecified atom stereocenters. The van der Waals surface area contributed by atoms with Crippen molar-refractivity contribution < 1.29 is 46.9 Å². The van der Waals surface area contributed by atoms with E-state index in [2.05, 4.69) is 26.1 Å². The number of carboxylic acids is 1. The molecule has 2 N–H and O–H groups in total. The van der Waals surface area contributed by atoms with Crippen LogP contribution in [0.25, 0.3) is 33.4 Å². The zero-order valence-corrected chi connectivity index (χ0v) is 33.3. The third-order valence-corrected chi connectivity index (χ3v) is 11.7. The van der Waals surface area contributed by atoms with Crippen LogP contribution in [0.1, 0.15) is 59.0 Å². The summed E-state index contributed by atoms with van der Waals surface area (Å²) >= 11 is 0. The van der Waals surface area contributed by atoms with Gasteiger partial charge in [0.05, 0.1) is 24.5 Å². The summed E-state index contributed by atoms with van der Waals surface area (Å²) in [4.78, 5) is 28.8. The summed E-state index contributed by atoms with van der Waals surface area (Å²) in [5.74, 6) is -1.44. The lowest BCUT2D eigenvalue weighted by molar-refractivity contribution is -0.144. The van der Waals surface area contributed by atoms with E-state index in [0.717, 1.165) is 33.4 Å². The lowest BCUT2D eigenvalue weighted by atomic mass is 9.91. The number of aliphatic hydroxyl groups excluding tert-OH is 1. The summed E-state index contributed by atoms with van der Waals surface area (Å²) in [7, 11) is 2.76. The average Bonchev–Trinajstić information content (AvgIpc) is 4.05. The number of methoxy groups -OCH3 is 1. The lowest BCUT2D eigenvalue weighted by Crippen LogP contribution is -2.31. The van der Waals surface area contributed by atoms with Gasteiger partial charge in [-0.05, 0) is 73.0 Å². The maximum Gasteiger partial charge on any atom is 0.438 e. The number of ether oxygens (including phenoxy) is 2. The lowest BCUT2D eigenvalue weighted by Gasteiger charge is -2.21. The maximum absolute atomic E-state index is 14.5. The van der Waals surface area contributed by atoms with Crippen molar-refractivity contribution in [2.45, 2.75) is 64.1 Å². The minimum atomic E-state index is -4.85. The Hall–Kier alpha value is -5.96. The number of benzene rings is 2. The Morgan fingerprint density at radius 2 is 1.78 bits per heavy atom. The molecule has 0 spiro atoms. The van der Waals surface area contributed by atoms with Gasteiger partial charge in [0.25, 0.3) is 0 Å². The normalized spacial score (nSPS) is 19.8. The minimum Gasteiger partial charge on any atom is -0.481 e. The first-order valence-corrected chi connectivity index (χ1v) is 19.8. The number of hydrogen-bond acceptors (Lipinski definition) is 12. The number of aliphatic hydroxyl groups is 1. The average molecular weight is 828 g/mol. The van der Waals surface area contributed by atoms with Gasteiger partial charge < -0.3 is 38.4 Å². The molecule has 3 aliphatic rings. The number of rotatable bonds is 12. The number of fused-ring (bicyclic) bond motifs is 2. The summed E-state index contributed by atoms with van der Waals surface area (Å²) in [5.41, 5.74) is 4.99. The first-order chi connectivity index (χ1) is 28.9. The van der Waals surface area contributed by atoms with E-state index in [1.807, 2.05) is 58.9 Å². The first kappa shape index (κ1) is 40.8. The first-order valence-electron chi connectivity index (χ1n) is 19.8. The number of carboxylic acid groups (broad SMARTS) is 1. The fourth-order valence-electron chi connectivity index (χ4n) is 8.71. The number of nitriles is 1. The molecular weight excluding hydrogens is 784 g/mol. The molecule has 2 saturated heterocycles. The highest BCUT2D eigenvalue weighted by Crippen LogP contribution is 2.45. The van der Waals surface area contributed by atoms with Crippen LogP contribution in [0, 0.1) is 24.2 Å². The zero-order valence-electron chi connectivity index (χ0n) is 33.3. The SMILES string of the molecule is CO/N=c1/c2cc(-c3cccc(-c4cccc5c4CC[C@@H]5Oc4nc(OC)c(CN5CC[C@@H](O)C5)nc4C(F)(F)F)c3C)oc2c(C#N)cn1CCN1CC[C@@H](C(=O)O)C1. The van der Waals surface area contributed by atoms with Crippen molar-refractivity contribution in [3.05, 3.63) is 87.8 Å². The van der Waals surface area contributed by atoms with Gasteiger partial charge in [-0.15, -0.1) is 0 Å². The molecule has 3 aromatic heterocycles. The summed E-state index contributed by atoms with van der Waals surface area (Å²) in [6.07, 6.45) is -2.43. The molecule has 314 valence electrons. The van der Waals surface area contributed by atoms with Gasteiger partial charge in [-0.25, -0.2) is 4.98 Å². The number of alkyl halides is 3. The van der Waals surface area contributed by atoms with Gasteiger partial charge in [0.2, 0.25) is 17.5 Å². The fourth-order valence-corrected chi connectivity index (χ4v) is 8.71. The maximum atomic E-state index is 14.5. The van der Waals surface area contributed by atoms with Gasteiger partial charge in [0.1, 0.15) is 36.3 Å². The number of furan rings is 1. The number of hydrogen-bond donors (Lipinski definition) is 2. The van der Waals surface area contributed by atoms with Crippen molar-refractivity contribution >= 4 is 16.9 Å². The molecule has 1 aliphatic carbocycles. The number of carbonyl (C=O) groups is 1. The summed E-state index contributed by atoms with van der Waals surface area (Å²) in [6.45, 7) is 4.94. The van der Waals surface area contributed by atoms with Crippen molar-refractivity contribution in [2.75, 3.05) is 46.9 Å². The Morgan fingerprint density at radius 1 is 1.02 bits per heavy atom. The molecule has 0 bridgehead atoms. The molecule has 8 rings (SSSR count). The second kappa shape index (κ2) is 16.6. The van der Waals surface area contributed by atoms with Gasteiger partial charge >= 0.3 is 12.1 Å². The predicted octanol–water partition coefficient (Wildman–Crippen LogP) is 6.07. The minimum absolute atomic E-state index is 0.0160. The van der Waals surface area contributed by atoms with Crippen LogP contribution in [0.4, 0.5) is 13.2 Å². The Balaban J connectivity index is 1.10. The molecule has 3 atom stereocenters. The van der Waals surface area contributed by atoms with Crippen LogP contribution in [-0.4, -0.2) is 93.6 Å². The molecule has 2 fully saturated rings. The highest BCUT2D eigenvalue weighted by Gasteiger charge is 2.41. The number of nitrogens with zero attached hydrogens (tertiary/aromatic N) is 7. The Labute approximate surface area is 343 Å². The molecule has 5 aromatic rings. The van der Waals surface area contributed by atoms with Crippen molar-refractivity contribution in [3.8, 4) is 40.3 Å². The molecule has 2 aliphatic heterocycles. The molecule has 5 heterocycles. The summed E-state index contributed by atoms with van der Waals surface area (Å²) < 4.78 is 63.2. The van der Waals surface area contributed by atoms with Crippen LogP contribution < -0.4 is 15.0 Å². The molecule has 0 radical (unpaired) electrons. The third-order valence-electron chi connectivity index (χ3n) is 11.7. The zero-order chi connectivity index (χ0) is 42.3. The van der Waals surface area contributed by atoms with Gasteiger partial charge in [-0.3, -0.25) is 9.69 Å². The second-order valence-corrected chi connectivity index (χ2v) is 15.4. The molecular formula is C43H44F3N7O7. The van der Waals surface area contributed by atoms with E-state index in [-0.39, 0.29) is 18.1 Å². The van der Waals surface area contributed by atoms with Crippen LogP contribution in [0.5, 0.6) is 11.8 Å². The summed E-state index contributed by atoms with van der Waals surface area (Å²) in [6, 6.07) is 15.6. The second-order valence-electron chi connectivity index (χ2n) is 15.4.